The number of benzene rings is 1. The summed E-state index contributed by atoms with van der Waals surface area (Å²) in [7, 11) is -1.40. The molecule has 1 aromatic carbocycles. The summed E-state index contributed by atoms with van der Waals surface area (Å²) in [6, 6.07) is 9.12. The van der Waals surface area contributed by atoms with Gasteiger partial charge in [-0.2, -0.15) is 0 Å². The Hall–Kier alpha value is -0.830. The van der Waals surface area contributed by atoms with Gasteiger partial charge in [0.05, 0.1) is 6.61 Å². The van der Waals surface area contributed by atoms with E-state index in [0.29, 0.717) is 18.9 Å². The third-order valence-corrected chi connectivity index (χ3v) is 4.53. The fourth-order valence-corrected chi connectivity index (χ4v) is 3.66. The molecule has 0 aliphatic carbocycles. The van der Waals surface area contributed by atoms with E-state index in [2.05, 4.69) is 13.8 Å². The number of para-hydroxylation sites is 1. The molecule has 0 N–H and O–H groups in total. The average Bonchev–Trinajstić information content (AvgIpc) is 2.26. The number of hydrogen-bond donors (Lipinski definition) is 0. The largest absolute Gasteiger partial charge is 0.461 e. The predicted octanol–water partition coefficient (Wildman–Crippen LogP) is 3.16. The second-order valence-electron chi connectivity index (χ2n) is 5.13. The van der Waals surface area contributed by atoms with E-state index in [1.807, 2.05) is 18.2 Å². The van der Waals surface area contributed by atoms with Crippen molar-refractivity contribution < 1.29 is 13.6 Å². The molecule has 94 valence electrons. The molecule has 1 atom stereocenters. The van der Waals surface area contributed by atoms with Crippen LogP contribution in [0.5, 0.6) is 5.75 Å². The minimum atomic E-state index is -3.17. The van der Waals surface area contributed by atoms with Crippen LogP contribution in [-0.2, 0) is 9.09 Å². The van der Waals surface area contributed by atoms with E-state index in [1.54, 1.807) is 23.9 Å². The van der Waals surface area contributed by atoms with E-state index in [-0.39, 0.29) is 5.41 Å². The summed E-state index contributed by atoms with van der Waals surface area (Å²) >= 11 is 0. The second kappa shape index (κ2) is 4.45. The molecule has 0 bridgehead atoms. The number of rotatable bonds is 2. The molecule has 0 amide bonds. The highest BCUT2D eigenvalue weighted by Gasteiger charge is 2.42. The summed E-state index contributed by atoms with van der Waals surface area (Å²) in [5, 5.41) is 0. The Kier molecular flexibility index (Phi) is 3.30. The molecule has 2 rings (SSSR count). The molecular weight excluding hydrogens is 237 g/mol. The lowest BCUT2D eigenvalue weighted by Crippen LogP contribution is -2.39. The van der Waals surface area contributed by atoms with Crippen molar-refractivity contribution in [3.63, 3.8) is 0 Å². The zero-order valence-electron chi connectivity index (χ0n) is 10.4. The van der Waals surface area contributed by atoms with Crippen LogP contribution in [-0.4, -0.2) is 24.9 Å². The molecule has 0 aromatic heterocycles. The van der Waals surface area contributed by atoms with Gasteiger partial charge in [-0.15, -0.1) is 0 Å². The van der Waals surface area contributed by atoms with Crippen LogP contribution in [0, 0.1) is 5.41 Å². The van der Waals surface area contributed by atoms with Crippen LogP contribution < -0.4 is 4.52 Å². The SMILES string of the molecule is CN1CC(C)(C)CO[P@@]1(=O)Oc1ccccc1. The fourth-order valence-electron chi connectivity index (χ4n) is 1.82. The Morgan fingerprint density at radius 1 is 1.35 bits per heavy atom. The van der Waals surface area contributed by atoms with Crippen molar-refractivity contribution in [3.05, 3.63) is 30.3 Å². The van der Waals surface area contributed by atoms with Crippen LogP contribution in [0.1, 0.15) is 13.8 Å². The maximum absolute atomic E-state index is 12.5. The summed E-state index contributed by atoms with van der Waals surface area (Å²) in [5.41, 5.74) is 0.00269. The van der Waals surface area contributed by atoms with Gasteiger partial charge in [0.1, 0.15) is 5.75 Å². The molecule has 1 aromatic rings. The fraction of sp³-hybridized carbons (Fsp3) is 0.500. The molecule has 4 nitrogen and oxygen atoms in total. The van der Waals surface area contributed by atoms with Gasteiger partial charge >= 0.3 is 7.75 Å². The van der Waals surface area contributed by atoms with E-state index in [1.165, 1.54) is 0 Å². The van der Waals surface area contributed by atoms with E-state index in [9.17, 15) is 4.57 Å². The van der Waals surface area contributed by atoms with Crippen LogP contribution in [0.25, 0.3) is 0 Å². The minimum Gasteiger partial charge on any atom is -0.413 e. The first-order valence-corrected chi connectivity index (χ1v) is 7.12. The molecule has 0 radical (unpaired) electrons. The molecule has 1 heterocycles. The number of hydrogen-bond acceptors (Lipinski definition) is 3. The molecule has 0 unspecified atom stereocenters. The molecule has 17 heavy (non-hydrogen) atoms. The van der Waals surface area contributed by atoms with Gasteiger partial charge in [-0.3, -0.25) is 4.52 Å². The standard InChI is InChI=1S/C12H18NO3P/c1-12(2)9-13(3)17(14,15-10-12)16-11-7-5-4-6-8-11/h4-8H,9-10H2,1-3H3/t17-/m1/s1. The van der Waals surface area contributed by atoms with Crippen molar-refractivity contribution in [2.75, 3.05) is 20.2 Å². The molecule has 5 heteroatoms. The second-order valence-corrected chi connectivity index (χ2v) is 7.19. The van der Waals surface area contributed by atoms with Crippen molar-refractivity contribution in [1.29, 1.82) is 0 Å². The van der Waals surface area contributed by atoms with Crippen LogP contribution in [0.4, 0.5) is 0 Å². The minimum absolute atomic E-state index is 0.00269. The number of nitrogens with zero attached hydrogens (tertiary/aromatic N) is 1. The molecule has 1 saturated heterocycles. The Morgan fingerprint density at radius 2 is 2.00 bits per heavy atom. The van der Waals surface area contributed by atoms with Crippen molar-refractivity contribution in [2.45, 2.75) is 13.8 Å². The lowest BCUT2D eigenvalue weighted by Gasteiger charge is -2.39. The Balaban J connectivity index is 2.13. The summed E-state index contributed by atoms with van der Waals surface area (Å²) in [6.45, 7) is 5.30. The van der Waals surface area contributed by atoms with Crippen molar-refractivity contribution in [2.24, 2.45) is 5.41 Å². The summed E-state index contributed by atoms with van der Waals surface area (Å²) in [5.74, 6) is 0.572. The van der Waals surface area contributed by atoms with E-state index >= 15 is 0 Å². The predicted molar refractivity (Wildman–Crippen MR) is 67.0 cm³/mol. The van der Waals surface area contributed by atoms with Gasteiger partial charge in [0.15, 0.2) is 0 Å². The Morgan fingerprint density at radius 3 is 2.59 bits per heavy atom. The zero-order valence-corrected chi connectivity index (χ0v) is 11.3. The lowest BCUT2D eigenvalue weighted by molar-refractivity contribution is 0.0805. The van der Waals surface area contributed by atoms with Crippen molar-refractivity contribution in [1.82, 2.24) is 4.67 Å². The molecule has 1 fully saturated rings. The zero-order chi connectivity index (χ0) is 12.5. The molecular formula is C12H18NO3P. The van der Waals surface area contributed by atoms with Gasteiger partial charge < -0.3 is 4.52 Å². The molecule has 0 saturated carbocycles. The third kappa shape index (κ3) is 2.89. The summed E-state index contributed by atoms with van der Waals surface area (Å²) < 4.78 is 25.1. The average molecular weight is 255 g/mol. The van der Waals surface area contributed by atoms with Crippen LogP contribution >= 0.6 is 7.75 Å². The van der Waals surface area contributed by atoms with Gasteiger partial charge in [-0.1, -0.05) is 32.0 Å². The van der Waals surface area contributed by atoms with E-state index < -0.39 is 7.75 Å². The van der Waals surface area contributed by atoms with Gasteiger partial charge in [-0.05, 0) is 19.2 Å². The first-order valence-electron chi connectivity index (χ1n) is 5.62. The third-order valence-electron chi connectivity index (χ3n) is 2.66. The molecule has 1 aliphatic rings. The highest BCUT2D eigenvalue weighted by Crippen LogP contribution is 2.55. The van der Waals surface area contributed by atoms with Crippen molar-refractivity contribution >= 4 is 7.75 Å². The summed E-state index contributed by atoms with van der Waals surface area (Å²) in [6.07, 6.45) is 0. The summed E-state index contributed by atoms with van der Waals surface area (Å²) in [4.78, 5) is 0. The van der Waals surface area contributed by atoms with Crippen molar-refractivity contribution in [3.8, 4) is 5.75 Å². The van der Waals surface area contributed by atoms with E-state index in [4.69, 9.17) is 9.05 Å². The first-order chi connectivity index (χ1) is 7.91. The highest BCUT2D eigenvalue weighted by atomic mass is 31.2. The maximum atomic E-state index is 12.5. The van der Waals surface area contributed by atoms with Gasteiger partial charge in [-0.25, -0.2) is 9.24 Å². The maximum Gasteiger partial charge on any atom is 0.461 e. The normalized spacial score (nSPS) is 28.9. The van der Waals surface area contributed by atoms with E-state index in [0.717, 1.165) is 0 Å². The highest BCUT2D eigenvalue weighted by molar-refractivity contribution is 7.51. The lowest BCUT2D eigenvalue weighted by atomic mass is 9.95. The van der Waals surface area contributed by atoms with Gasteiger partial charge in [0, 0.05) is 12.0 Å². The van der Waals surface area contributed by atoms with Crippen LogP contribution in [0.3, 0.4) is 0 Å². The molecule has 0 spiro atoms. The topological polar surface area (TPSA) is 38.8 Å². The Bertz CT molecular complexity index is 433. The first kappa shape index (κ1) is 12.6. The quantitative estimate of drug-likeness (QED) is 0.761. The van der Waals surface area contributed by atoms with Gasteiger partial charge in [0.2, 0.25) is 0 Å². The van der Waals surface area contributed by atoms with Crippen LogP contribution in [0.15, 0.2) is 30.3 Å². The van der Waals surface area contributed by atoms with Gasteiger partial charge in [0.25, 0.3) is 0 Å². The Labute approximate surface area is 102 Å². The monoisotopic (exact) mass is 255 g/mol. The van der Waals surface area contributed by atoms with Crippen LogP contribution in [0.2, 0.25) is 0 Å². The smallest absolute Gasteiger partial charge is 0.413 e. The molecule has 1 aliphatic heterocycles.